The zero-order valence-corrected chi connectivity index (χ0v) is 15.0. The maximum Gasteiger partial charge on any atom is 0.328 e. The highest BCUT2D eigenvalue weighted by Crippen LogP contribution is 2.20. The average molecular weight is 355 g/mol. The molecule has 0 aliphatic carbocycles. The minimum atomic E-state index is -0.814. The predicted molar refractivity (Wildman–Crippen MR) is 95.9 cm³/mol. The van der Waals surface area contributed by atoms with E-state index in [1.165, 1.54) is 7.11 Å². The molecule has 0 saturated heterocycles. The van der Waals surface area contributed by atoms with Crippen molar-refractivity contribution in [2.24, 2.45) is 0 Å². The van der Waals surface area contributed by atoms with Gasteiger partial charge in [0.15, 0.2) is 0 Å². The number of hydrogen-bond acceptors (Lipinski definition) is 5. The fourth-order valence-electron chi connectivity index (χ4n) is 3.04. The molecule has 2 aromatic heterocycles. The molecule has 1 amide bonds. The Kier molecular flexibility index (Phi) is 5.06. The summed E-state index contributed by atoms with van der Waals surface area (Å²) in [6, 6.07) is 6.98. The van der Waals surface area contributed by atoms with E-state index in [0.717, 1.165) is 16.5 Å². The van der Waals surface area contributed by atoms with Gasteiger partial charge in [0, 0.05) is 23.5 Å². The fourth-order valence-corrected chi connectivity index (χ4v) is 3.04. The van der Waals surface area contributed by atoms with E-state index in [1.54, 1.807) is 6.92 Å². The molecule has 0 spiro atoms. The highest BCUT2D eigenvalue weighted by molar-refractivity contribution is 5.98. The van der Waals surface area contributed by atoms with E-state index >= 15 is 0 Å². The van der Waals surface area contributed by atoms with Crippen LogP contribution in [0.5, 0.6) is 0 Å². The van der Waals surface area contributed by atoms with Crippen LogP contribution in [-0.2, 0) is 22.4 Å². The summed E-state index contributed by atoms with van der Waals surface area (Å²) in [7, 11) is 1.30. The van der Waals surface area contributed by atoms with E-state index in [1.807, 2.05) is 37.4 Å². The van der Waals surface area contributed by atoms with Crippen molar-refractivity contribution in [3.05, 3.63) is 53.0 Å². The quantitative estimate of drug-likeness (QED) is 0.662. The van der Waals surface area contributed by atoms with Crippen LogP contribution in [0.2, 0.25) is 0 Å². The second-order valence-corrected chi connectivity index (χ2v) is 6.03. The number of nitrogens with zero attached hydrogens (tertiary/aromatic N) is 1. The van der Waals surface area contributed by atoms with Crippen molar-refractivity contribution in [1.82, 2.24) is 15.5 Å². The van der Waals surface area contributed by atoms with Gasteiger partial charge in [-0.15, -0.1) is 0 Å². The van der Waals surface area contributed by atoms with Crippen LogP contribution in [0, 0.1) is 6.92 Å². The SMILES string of the molecule is CCc1noc(C)c1C(=O)N[C@H](Cc1c[nH]c2ccccc12)C(=O)OC. The number of carbonyl (C=O) groups excluding carboxylic acids is 2. The third-order valence-corrected chi connectivity index (χ3v) is 4.39. The van der Waals surface area contributed by atoms with Gasteiger partial charge in [0.25, 0.3) is 5.91 Å². The summed E-state index contributed by atoms with van der Waals surface area (Å²) < 4.78 is 9.98. The standard InChI is InChI=1S/C19H21N3O4/c1-4-14-17(11(2)26-22-14)18(23)21-16(19(24)25-3)9-12-10-20-15-8-6-5-7-13(12)15/h5-8,10,16,20H,4,9H2,1-3H3,(H,21,23)/t16-/m1/s1. The number of hydrogen-bond donors (Lipinski definition) is 2. The molecule has 26 heavy (non-hydrogen) atoms. The van der Waals surface area contributed by atoms with Crippen LogP contribution >= 0.6 is 0 Å². The topological polar surface area (TPSA) is 97.2 Å². The molecular formula is C19H21N3O4. The van der Waals surface area contributed by atoms with E-state index in [0.29, 0.717) is 29.9 Å². The van der Waals surface area contributed by atoms with Crippen molar-refractivity contribution >= 4 is 22.8 Å². The van der Waals surface area contributed by atoms with Crippen molar-refractivity contribution in [2.45, 2.75) is 32.7 Å². The second-order valence-electron chi connectivity index (χ2n) is 6.03. The summed E-state index contributed by atoms with van der Waals surface area (Å²) in [5, 5.41) is 7.65. The number of fused-ring (bicyclic) bond motifs is 1. The van der Waals surface area contributed by atoms with Gasteiger partial charge in [-0.05, 0) is 25.0 Å². The summed E-state index contributed by atoms with van der Waals surface area (Å²) in [6.07, 6.45) is 2.72. The molecule has 0 unspecified atom stereocenters. The van der Waals surface area contributed by atoms with E-state index < -0.39 is 17.9 Å². The van der Waals surface area contributed by atoms with Crippen LogP contribution in [0.25, 0.3) is 10.9 Å². The minimum absolute atomic E-state index is 0.314. The molecule has 3 aromatic rings. The highest BCUT2D eigenvalue weighted by atomic mass is 16.5. The fraction of sp³-hybridized carbons (Fsp3) is 0.316. The first-order valence-corrected chi connectivity index (χ1v) is 8.44. The molecule has 0 aliphatic rings. The average Bonchev–Trinajstić information content (AvgIpc) is 3.23. The van der Waals surface area contributed by atoms with Crippen LogP contribution in [0.4, 0.5) is 0 Å². The second kappa shape index (κ2) is 7.43. The van der Waals surface area contributed by atoms with Gasteiger partial charge in [-0.25, -0.2) is 4.79 Å². The molecule has 0 fully saturated rings. The van der Waals surface area contributed by atoms with Crippen molar-refractivity contribution in [3.63, 3.8) is 0 Å². The lowest BCUT2D eigenvalue weighted by Gasteiger charge is -2.16. The van der Waals surface area contributed by atoms with Gasteiger partial charge in [0.2, 0.25) is 0 Å². The van der Waals surface area contributed by atoms with E-state index in [4.69, 9.17) is 9.26 Å². The Hall–Kier alpha value is -3.09. The predicted octanol–water partition coefficient (Wildman–Crippen LogP) is 2.54. The van der Waals surface area contributed by atoms with Crippen LogP contribution in [-0.4, -0.2) is 35.2 Å². The first kappa shape index (κ1) is 17.7. The van der Waals surface area contributed by atoms with Gasteiger partial charge in [0.1, 0.15) is 17.4 Å². The number of methoxy groups -OCH3 is 1. The molecular weight excluding hydrogens is 334 g/mol. The third kappa shape index (κ3) is 3.33. The molecule has 3 rings (SSSR count). The maximum atomic E-state index is 12.7. The van der Waals surface area contributed by atoms with Crippen molar-refractivity contribution < 1.29 is 18.8 Å². The minimum Gasteiger partial charge on any atom is -0.467 e. The molecule has 0 aliphatic heterocycles. The number of nitrogens with one attached hydrogen (secondary N) is 2. The van der Waals surface area contributed by atoms with Crippen molar-refractivity contribution in [3.8, 4) is 0 Å². The molecule has 136 valence electrons. The molecule has 1 aromatic carbocycles. The lowest BCUT2D eigenvalue weighted by atomic mass is 10.0. The maximum absolute atomic E-state index is 12.7. The molecule has 2 heterocycles. The summed E-state index contributed by atoms with van der Waals surface area (Å²) in [5.41, 5.74) is 2.84. The van der Waals surface area contributed by atoms with Gasteiger partial charge in [-0.3, -0.25) is 4.79 Å². The number of esters is 1. The summed E-state index contributed by atoms with van der Waals surface area (Å²) in [6.45, 7) is 3.56. The summed E-state index contributed by atoms with van der Waals surface area (Å²) >= 11 is 0. The van der Waals surface area contributed by atoms with Gasteiger partial charge in [-0.2, -0.15) is 0 Å². The largest absolute Gasteiger partial charge is 0.467 e. The van der Waals surface area contributed by atoms with Crippen LogP contribution in [0.1, 0.15) is 34.3 Å². The molecule has 0 saturated carbocycles. The number of amides is 1. The number of rotatable bonds is 6. The number of ether oxygens (including phenoxy) is 1. The zero-order chi connectivity index (χ0) is 18.7. The normalized spacial score (nSPS) is 12.1. The van der Waals surface area contributed by atoms with E-state index in [-0.39, 0.29) is 0 Å². The Labute approximate surface area is 150 Å². The molecule has 1 atom stereocenters. The van der Waals surface area contributed by atoms with Gasteiger partial charge < -0.3 is 19.6 Å². The van der Waals surface area contributed by atoms with Crippen molar-refractivity contribution in [2.75, 3.05) is 7.11 Å². The number of aryl methyl sites for hydroxylation is 2. The summed E-state index contributed by atoms with van der Waals surface area (Å²) in [4.78, 5) is 28.1. The van der Waals surface area contributed by atoms with E-state index in [2.05, 4.69) is 15.5 Å². The lowest BCUT2D eigenvalue weighted by Crippen LogP contribution is -2.43. The Bertz CT molecular complexity index is 941. The number of aromatic amines is 1. The Morgan fingerprint density at radius 3 is 2.85 bits per heavy atom. The number of benzene rings is 1. The number of para-hydroxylation sites is 1. The Morgan fingerprint density at radius 2 is 2.12 bits per heavy atom. The summed E-state index contributed by atoms with van der Waals surface area (Å²) in [5.74, 6) is -0.471. The molecule has 2 N–H and O–H groups in total. The van der Waals surface area contributed by atoms with Gasteiger partial charge in [-0.1, -0.05) is 30.3 Å². The van der Waals surface area contributed by atoms with Crippen molar-refractivity contribution in [1.29, 1.82) is 0 Å². The van der Waals surface area contributed by atoms with Crippen LogP contribution in [0.3, 0.4) is 0 Å². The lowest BCUT2D eigenvalue weighted by molar-refractivity contribution is -0.142. The molecule has 7 heteroatoms. The first-order valence-electron chi connectivity index (χ1n) is 8.44. The molecule has 0 radical (unpaired) electrons. The zero-order valence-electron chi connectivity index (χ0n) is 15.0. The Morgan fingerprint density at radius 1 is 1.35 bits per heavy atom. The highest BCUT2D eigenvalue weighted by Gasteiger charge is 2.27. The number of carbonyl (C=O) groups is 2. The molecule has 7 nitrogen and oxygen atoms in total. The van der Waals surface area contributed by atoms with E-state index in [9.17, 15) is 9.59 Å². The van der Waals surface area contributed by atoms with Crippen LogP contribution < -0.4 is 5.32 Å². The molecule has 0 bridgehead atoms. The monoisotopic (exact) mass is 355 g/mol. The van der Waals surface area contributed by atoms with Gasteiger partial charge >= 0.3 is 5.97 Å². The van der Waals surface area contributed by atoms with Crippen LogP contribution in [0.15, 0.2) is 35.0 Å². The smallest absolute Gasteiger partial charge is 0.328 e. The Balaban J connectivity index is 1.86. The van der Waals surface area contributed by atoms with Gasteiger partial charge in [0.05, 0.1) is 12.8 Å². The first-order chi connectivity index (χ1) is 12.5. The third-order valence-electron chi connectivity index (χ3n) is 4.39. The number of aromatic nitrogens is 2. The number of H-pyrrole nitrogens is 1.